The van der Waals surface area contributed by atoms with Gasteiger partial charge in [-0.15, -0.1) is 0 Å². The minimum absolute atomic E-state index is 0.0447. The molecule has 0 spiro atoms. The van der Waals surface area contributed by atoms with Gasteiger partial charge in [0.15, 0.2) is 34.9 Å². The largest absolute Gasteiger partial charge is 0.394 e. The fourth-order valence-electron chi connectivity index (χ4n) is 3.89. The first kappa shape index (κ1) is 23.5. The Kier molecular flexibility index (Phi) is 6.18. The highest BCUT2D eigenvalue weighted by Crippen LogP contribution is 2.40. The molecule has 1 saturated carbocycles. The number of hydrogen-bond donors (Lipinski definition) is 2. The van der Waals surface area contributed by atoms with E-state index in [9.17, 15) is 26.3 Å². The molecule has 0 atom stereocenters. The van der Waals surface area contributed by atoms with Crippen molar-refractivity contribution in [1.82, 2.24) is 0 Å². The summed E-state index contributed by atoms with van der Waals surface area (Å²) in [5, 5.41) is 0. The molecule has 0 radical (unpaired) electrons. The monoisotopic (exact) mass is 452 g/mol. The van der Waals surface area contributed by atoms with Crippen molar-refractivity contribution in [3.05, 3.63) is 80.5 Å². The lowest BCUT2D eigenvalue weighted by Gasteiger charge is -2.27. The number of nitrogens with two attached hydrogens (primary N) is 2. The first-order chi connectivity index (χ1) is 14.9. The lowest BCUT2D eigenvalue weighted by atomic mass is 9.78. The van der Waals surface area contributed by atoms with Gasteiger partial charge in [0.1, 0.15) is 11.4 Å². The average molecular weight is 452 g/mol. The zero-order valence-corrected chi connectivity index (χ0v) is 17.8. The number of rotatable bonds is 2. The SMILES string of the molecule is C=C1/C(=C/c2c(C)c(F)c(N)c(F)c2F)CC(C)C/C1=C\c1c(C)c(F)c(N)c(F)c1F. The van der Waals surface area contributed by atoms with Crippen molar-refractivity contribution in [2.24, 2.45) is 5.92 Å². The van der Waals surface area contributed by atoms with E-state index in [2.05, 4.69) is 6.58 Å². The lowest BCUT2D eigenvalue weighted by molar-refractivity contribution is 0.495. The van der Waals surface area contributed by atoms with Gasteiger partial charge >= 0.3 is 0 Å². The second kappa shape index (κ2) is 8.41. The summed E-state index contributed by atoms with van der Waals surface area (Å²) in [5.74, 6) is -7.74. The van der Waals surface area contributed by atoms with Crippen molar-refractivity contribution in [3.63, 3.8) is 0 Å². The normalized spacial score (nSPS) is 19.3. The number of allylic oxidation sites excluding steroid dienone is 3. The number of nitrogen functional groups attached to an aromatic ring is 2. The quantitative estimate of drug-likeness (QED) is 0.301. The summed E-state index contributed by atoms with van der Waals surface area (Å²) >= 11 is 0. The van der Waals surface area contributed by atoms with Crippen LogP contribution < -0.4 is 11.5 Å². The number of halogens is 6. The summed E-state index contributed by atoms with van der Waals surface area (Å²) in [6.07, 6.45) is 3.34. The van der Waals surface area contributed by atoms with E-state index in [1.54, 1.807) is 0 Å². The predicted molar refractivity (Wildman–Crippen MR) is 114 cm³/mol. The summed E-state index contributed by atoms with van der Waals surface area (Å²) in [4.78, 5) is 0. The molecule has 2 aromatic carbocycles. The molecule has 2 nitrogen and oxygen atoms in total. The van der Waals surface area contributed by atoms with Gasteiger partial charge in [0.05, 0.1) is 0 Å². The molecular weight excluding hydrogens is 430 g/mol. The van der Waals surface area contributed by atoms with E-state index in [1.807, 2.05) is 6.92 Å². The van der Waals surface area contributed by atoms with Crippen molar-refractivity contribution in [3.8, 4) is 0 Å². The maximum Gasteiger partial charge on any atom is 0.185 e. The van der Waals surface area contributed by atoms with Gasteiger partial charge in [0, 0.05) is 11.1 Å². The summed E-state index contributed by atoms with van der Waals surface area (Å²) in [7, 11) is 0. The first-order valence-corrected chi connectivity index (χ1v) is 9.82. The van der Waals surface area contributed by atoms with Gasteiger partial charge < -0.3 is 11.5 Å². The Morgan fingerprint density at radius 3 is 1.38 bits per heavy atom. The zero-order valence-electron chi connectivity index (χ0n) is 17.8. The van der Waals surface area contributed by atoms with Crippen LogP contribution in [-0.4, -0.2) is 0 Å². The highest BCUT2D eigenvalue weighted by Gasteiger charge is 2.26. The summed E-state index contributed by atoms with van der Waals surface area (Å²) in [6, 6.07) is 0. The second-order valence-electron chi connectivity index (χ2n) is 8.12. The molecule has 1 fully saturated rings. The summed E-state index contributed by atoms with van der Waals surface area (Å²) in [6.45, 7) is 8.34. The predicted octanol–water partition coefficient (Wildman–Crippen LogP) is 6.76. The molecule has 0 heterocycles. The van der Waals surface area contributed by atoms with E-state index in [1.165, 1.54) is 26.0 Å². The number of hydrogen-bond acceptors (Lipinski definition) is 2. The lowest BCUT2D eigenvalue weighted by Crippen LogP contribution is -2.12. The van der Waals surface area contributed by atoms with Gasteiger partial charge in [-0.25, -0.2) is 26.3 Å². The highest BCUT2D eigenvalue weighted by atomic mass is 19.2. The van der Waals surface area contributed by atoms with Crippen molar-refractivity contribution in [1.29, 1.82) is 0 Å². The highest BCUT2D eigenvalue weighted by molar-refractivity contribution is 5.72. The maximum atomic E-state index is 14.5. The first-order valence-electron chi connectivity index (χ1n) is 9.82. The molecule has 0 aliphatic heterocycles. The fourth-order valence-corrected chi connectivity index (χ4v) is 3.89. The van der Waals surface area contributed by atoms with Gasteiger partial charge in [0.25, 0.3) is 0 Å². The number of benzene rings is 2. The van der Waals surface area contributed by atoms with Crippen molar-refractivity contribution >= 4 is 23.5 Å². The fraction of sp³-hybridized carbons (Fsp3) is 0.250. The molecule has 3 rings (SSSR count). The third-order valence-corrected chi connectivity index (χ3v) is 5.82. The van der Waals surface area contributed by atoms with Gasteiger partial charge in [-0.2, -0.15) is 0 Å². The van der Waals surface area contributed by atoms with Crippen LogP contribution in [0.2, 0.25) is 0 Å². The standard InChI is InChI=1S/C24H22F6N2/c1-9-5-13(7-15-11(3)17(25)23(31)21(29)19(15)27)10(2)14(6-9)8-16-12(4)18(26)24(32)22(30)20(16)28/h7-9H,2,5-6,31-32H2,1,3-4H3/b13-7+,14-8+. The van der Waals surface area contributed by atoms with Crippen molar-refractivity contribution < 1.29 is 26.3 Å². The second-order valence-corrected chi connectivity index (χ2v) is 8.12. The van der Waals surface area contributed by atoms with Gasteiger partial charge in [-0.1, -0.05) is 13.5 Å². The molecule has 0 bridgehead atoms. The Morgan fingerprint density at radius 2 is 1.03 bits per heavy atom. The molecule has 170 valence electrons. The van der Waals surface area contributed by atoms with Gasteiger partial charge in [-0.05, 0) is 72.6 Å². The molecule has 1 aliphatic carbocycles. The Hall–Kier alpha value is -3.16. The van der Waals surface area contributed by atoms with Crippen LogP contribution in [0.3, 0.4) is 0 Å². The van der Waals surface area contributed by atoms with E-state index in [4.69, 9.17) is 11.5 Å². The van der Waals surface area contributed by atoms with E-state index < -0.39 is 46.3 Å². The van der Waals surface area contributed by atoms with E-state index in [0.29, 0.717) is 29.6 Å². The van der Waals surface area contributed by atoms with Crippen molar-refractivity contribution in [2.75, 3.05) is 11.5 Å². The topological polar surface area (TPSA) is 52.0 Å². The molecular formula is C24H22F6N2. The van der Waals surface area contributed by atoms with Crippen LogP contribution in [-0.2, 0) is 0 Å². The third-order valence-electron chi connectivity index (χ3n) is 5.82. The molecule has 0 saturated heterocycles. The van der Waals surface area contributed by atoms with Gasteiger partial charge in [-0.3, -0.25) is 0 Å². The zero-order chi connectivity index (χ0) is 24.1. The summed E-state index contributed by atoms with van der Waals surface area (Å²) in [5.41, 5.74) is 9.00. The molecule has 2 aromatic rings. The molecule has 32 heavy (non-hydrogen) atoms. The maximum absolute atomic E-state index is 14.5. The molecule has 1 aliphatic rings. The summed E-state index contributed by atoms with van der Waals surface area (Å²) < 4.78 is 85.4. The van der Waals surface area contributed by atoms with Crippen LogP contribution in [0.4, 0.5) is 37.7 Å². The Balaban J connectivity index is 2.16. The van der Waals surface area contributed by atoms with Crippen LogP contribution in [0.1, 0.15) is 42.0 Å². The Labute approximate surface area is 181 Å². The smallest absolute Gasteiger partial charge is 0.185 e. The van der Waals surface area contributed by atoms with Crippen LogP contribution in [0, 0.1) is 54.7 Å². The molecule has 4 N–H and O–H groups in total. The van der Waals surface area contributed by atoms with E-state index >= 15 is 0 Å². The van der Waals surface area contributed by atoms with E-state index in [0.717, 1.165) is 0 Å². The molecule has 0 aromatic heterocycles. The van der Waals surface area contributed by atoms with Crippen LogP contribution >= 0.6 is 0 Å². The number of anilines is 2. The third kappa shape index (κ3) is 3.78. The van der Waals surface area contributed by atoms with Gasteiger partial charge in [0.2, 0.25) is 0 Å². The Bertz CT molecular complexity index is 1060. The van der Waals surface area contributed by atoms with Crippen LogP contribution in [0.5, 0.6) is 0 Å². The van der Waals surface area contributed by atoms with Crippen LogP contribution in [0.15, 0.2) is 23.3 Å². The Morgan fingerprint density at radius 1 is 0.688 bits per heavy atom. The average Bonchev–Trinajstić information content (AvgIpc) is 2.76. The minimum atomic E-state index is -1.49. The minimum Gasteiger partial charge on any atom is -0.394 e. The van der Waals surface area contributed by atoms with E-state index in [-0.39, 0.29) is 28.2 Å². The molecule has 0 unspecified atom stereocenters. The molecule has 0 amide bonds. The van der Waals surface area contributed by atoms with Crippen LogP contribution in [0.25, 0.3) is 12.2 Å². The molecule has 8 heteroatoms. The van der Waals surface area contributed by atoms with Crippen molar-refractivity contribution in [2.45, 2.75) is 33.6 Å².